The van der Waals surface area contributed by atoms with Crippen LogP contribution in [0.2, 0.25) is 0 Å². The van der Waals surface area contributed by atoms with E-state index < -0.39 is 6.43 Å². The first kappa shape index (κ1) is 12.9. The Morgan fingerprint density at radius 2 is 2.00 bits per heavy atom. The molecule has 14 heavy (non-hydrogen) atoms. The van der Waals surface area contributed by atoms with Crippen LogP contribution in [0.5, 0.6) is 0 Å². The molecule has 2 nitrogen and oxygen atoms in total. The number of hydrogen-bond donors (Lipinski definition) is 0. The minimum atomic E-state index is -2.46. The summed E-state index contributed by atoms with van der Waals surface area (Å²) in [7, 11) is 4.94. The van der Waals surface area contributed by atoms with E-state index in [0.29, 0.717) is 12.3 Å². The van der Waals surface area contributed by atoms with Gasteiger partial charge in [0.15, 0.2) is 5.88 Å². The zero-order chi connectivity index (χ0) is 11.1. The van der Waals surface area contributed by atoms with Gasteiger partial charge in [0.25, 0.3) is 6.43 Å². The van der Waals surface area contributed by atoms with Gasteiger partial charge < -0.3 is 9.64 Å². The second kappa shape index (κ2) is 6.40. The van der Waals surface area contributed by atoms with Gasteiger partial charge in [0.05, 0.1) is 7.11 Å². The van der Waals surface area contributed by atoms with Crippen molar-refractivity contribution in [2.24, 2.45) is 0 Å². The van der Waals surface area contributed by atoms with Gasteiger partial charge in [0.1, 0.15) is 0 Å². The molecule has 0 aromatic heterocycles. The topological polar surface area (TPSA) is 12.5 Å². The van der Waals surface area contributed by atoms with E-state index in [1.807, 2.05) is 6.92 Å². The number of hydrogen-bond acceptors (Lipinski definition) is 2. The van der Waals surface area contributed by atoms with Gasteiger partial charge in [-0.05, 0) is 6.42 Å². The lowest BCUT2D eigenvalue weighted by Crippen LogP contribution is -2.13. The van der Waals surface area contributed by atoms with E-state index in [1.165, 1.54) is 19.3 Å². The smallest absolute Gasteiger partial charge is 0.263 e. The van der Waals surface area contributed by atoms with Gasteiger partial charge >= 0.3 is 0 Å². The molecule has 0 rings (SSSR count). The van der Waals surface area contributed by atoms with Crippen LogP contribution in [0.15, 0.2) is 23.6 Å². The average Bonchev–Trinajstić information content (AvgIpc) is 2.11. The SMILES string of the molecule is CC/C=C(\C=C(\OC)N(C)C)C(F)F. The first-order valence-electron chi connectivity index (χ1n) is 4.44. The second-order valence-electron chi connectivity index (χ2n) is 2.99. The summed E-state index contributed by atoms with van der Waals surface area (Å²) < 4.78 is 29.9. The van der Waals surface area contributed by atoms with Crippen molar-refractivity contribution in [1.29, 1.82) is 0 Å². The van der Waals surface area contributed by atoms with Gasteiger partial charge in [0, 0.05) is 25.7 Å². The monoisotopic (exact) mass is 205 g/mol. The number of alkyl halides is 2. The van der Waals surface area contributed by atoms with Crippen molar-refractivity contribution in [3.8, 4) is 0 Å². The van der Waals surface area contributed by atoms with E-state index in [-0.39, 0.29) is 5.57 Å². The molecule has 0 aliphatic rings. The lowest BCUT2D eigenvalue weighted by atomic mass is 10.2. The lowest BCUT2D eigenvalue weighted by molar-refractivity contribution is 0.179. The molecule has 0 amide bonds. The van der Waals surface area contributed by atoms with Crippen LogP contribution in [0.4, 0.5) is 8.78 Å². The largest absolute Gasteiger partial charge is 0.482 e. The van der Waals surface area contributed by atoms with Crippen LogP contribution in [0.1, 0.15) is 13.3 Å². The summed E-state index contributed by atoms with van der Waals surface area (Å²) in [5.74, 6) is 0.421. The highest BCUT2D eigenvalue weighted by atomic mass is 19.3. The Morgan fingerprint density at radius 3 is 2.29 bits per heavy atom. The predicted octanol–water partition coefficient (Wildman–Crippen LogP) is 2.64. The fourth-order valence-electron chi connectivity index (χ4n) is 0.960. The molecule has 0 heterocycles. The van der Waals surface area contributed by atoms with Crippen molar-refractivity contribution in [2.45, 2.75) is 19.8 Å². The van der Waals surface area contributed by atoms with Gasteiger partial charge in [-0.2, -0.15) is 0 Å². The zero-order valence-electron chi connectivity index (χ0n) is 9.05. The molecule has 0 aliphatic carbocycles. The lowest BCUT2D eigenvalue weighted by Gasteiger charge is -2.15. The summed E-state index contributed by atoms with van der Waals surface area (Å²) in [6.07, 6.45) is 0.974. The molecule has 0 fully saturated rings. The van der Waals surface area contributed by atoms with Crippen LogP contribution in [0.3, 0.4) is 0 Å². The van der Waals surface area contributed by atoms with Crippen molar-refractivity contribution >= 4 is 0 Å². The molecule has 0 radical (unpaired) electrons. The standard InChI is InChI=1S/C10H17F2NO/c1-5-6-8(10(11)12)7-9(14-4)13(2)3/h6-7,10H,5H2,1-4H3/b8-6+,9-7+. The predicted molar refractivity (Wildman–Crippen MR) is 53.2 cm³/mol. The van der Waals surface area contributed by atoms with Crippen LogP contribution in [-0.4, -0.2) is 32.5 Å². The first-order valence-corrected chi connectivity index (χ1v) is 4.44. The highest BCUT2D eigenvalue weighted by Crippen LogP contribution is 2.14. The Morgan fingerprint density at radius 1 is 1.43 bits per heavy atom. The Balaban J connectivity index is 4.77. The molecule has 0 atom stereocenters. The molecule has 0 saturated heterocycles. The third kappa shape index (κ3) is 4.25. The zero-order valence-corrected chi connectivity index (χ0v) is 9.05. The van der Waals surface area contributed by atoms with Crippen LogP contribution < -0.4 is 0 Å². The number of ether oxygens (including phenoxy) is 1. The molecule has 82 valence electrons. The molecule has 0 aromatic rings. The molecule has 0 aromatic carbocycles. The van der Waals surface area contributed by atoms with Gasteiger partial charge in [-0.1, -0.05) is 13.0 Å². The summed E-state index contributed by atoms with van der Waals surface area (Å²) >= 11 is 0. The number of rotatable bonds is 5. The minimum Gasteiger partial charge on any atom is -0.482 e. The van der Waals surface area contributed by atoms with Crippen molar-refractivity contribution in [3.05, 3.63) is 23.6 Å². The Bertz CT molecular complexity index is 222. The molecule has 4 heteroatoms. The van der Waals surface area contributed by atoms with Crippen LogP contribution in [0, 0.1) is 0 Å². The number of halogens is 2. The summed E-state index contributed by atoms with van der Waals surface area (Å²) in [5.41, 5.74) is -0.00181. The molecule has 0 saturated carbocycles. The normalized spacial score (nSPS) is 13.4. The maximum atomic E-state index is 12.5. The molecule has 0 spiro atoms. The van der Waals surface area contributed by atoms with E-state index >= 15 is 0 Å². The van der Waals surface area contributed by atoms with E-state index in [2.05, 4.69) is 0 Å². The number of methoxy groups -OCH3 is 1. The first-order chi connectivity index (χ1) is 6.52. The molecule has 0 aliphatic heterocycles. The van der Waals surface area contributed by atoms with Gasteiger partial charge in [-0.25, -0.2) is 8.78 Å². The van der Waals surface area contributed by atoms with Crippen molar-refractivity contribution in [3.63, 3.8) is 0 Å². The highest BCUT2D eigenvalue weighted by molar-refractivity contribution is 5.22. The maximum absolute atomic E-state index is 12.5. The van der Waals surface area contributed by atoms with Crippen LogP contribution >= 0.6 is 0 Å². The van der Waals surface area contributed by atoms with Crippen molar-refractivity contribution in [2.75, 3.05) is 21.2 Å². The van der Waals surface area contributed by atoms with E-state index in [4.69, 9.17) is 4.74 Å². The van der Waals surface area contributed by atoms with Crippen LogP contribution in [-0.2, 0) is 4.74 Å². The summed E-state index contributed by atoms with van der Waals surface area (Å²) in [4.78, 5) is 1.64. The Kier molecular flexibility index (Phi) is 5.92. The molecule has 0 unspecified atom stereocenters. The number of nitrogens with zero attached hydrogens (tertiary/aromatic N) is 1. The van der Waals surface area contributed by atoms with E-state index in [9.17, 15) is 8.78 Å². The third-order valence-electron chi connectivity index (χ3n) is 1.63. The van der Waals surface area contributed by atoms with Crippen molar-refractivity contribution in [1.82, 2.24) is 4.90 Å². The average molecular weight is 205 g/mol. The third-order valence-corrected chi connectivity index (χ3v) is 1.63. The van der Waals surface area contributed by atoms with E-state index in [1.54, 1.807) is 19.0 Å². The second-order valence-corrected chi connectivity index (χ2v) is 2.99. The number of allylic oxidation sites excluding steroid dienone is 3. The summed E-state index contributed by atoms with van der Waals surface area (Å²) in [5, 5.41) is 0. The Hall–Kier alpha value is -1.06. The van der Waals surface area contributed by atoms with Gasteiger partial charge in [-0.15, -0.1) is 0 Å². The highest BCUT2D eigenvalue weighted by Gasteiger charge is 2.10. The molecular formula is C10H17F2NO. The summed E-state index contributed by atoms with van der Waals surface area (Å²) in [6.45, 7) is 1.82. The van der Waals surface area contributed by atoms with Crippen molar-refractivity contribution < 1.29 is 13.5 Å². The van der Waals surface area contributed by atoms with Crippen LogP contribution in [0.25, 0.3) is 0 Å². The summed E-state index contributed by atoms with van der Waals surface area (Å²) in [6, 6.07) is 0. The fourth-order valence-corrected chi connectivity index (χ4v) is 0.960. The van der Waals surface area contributed by atoms with E-state index in [0.717, 1.165) is 0 Å². The Labute approximate surface area is 83.8 Å². The van der Waals surface area contributed by atoms with Gasteiger partial charge in [-0.3, -0.25) is 0 Å². The fraction of sp³-hybridized carbons (Fsp3) is 0.600. The maximum Gasteiger partial charge on any atom is 0.263 e. The van der Waals surface area contributed by atoms with Gasteiger partial charge in [0.2, 0.25) is 0 Å². The quantitative estimate of drug-likeness (QED) is 0.505. The molecule has 0 bridgehead atoms. The molecular weight excluding hydrogens is 188 g/mol. The minimum absolute atomic E-state index is 0.00181. The molecule has 0 N–H and O–H groups in total.